The number of pyridine rings is 1. The number of hydrogen-bond donors (Lipinski definition) is 1. The first kappa shape index (κ1) is 19.4. The van der Waals surface area contributed by atoms with Crippen molar-refractivity contribution in [3.63, 3.8) is 0 Å². The summed E-state index contributed by atoms with van der Waals surface area (Å²) in [5.41, 5.74) is 1.34. The van der Waals surface area contributed by atoms with Crippen LogP contribution < -0.4 is 10.6 Å². The van der Waals surface area contributed by atoms with Gasteiger partial charge < -0.3 is 23.6 Å². The standard InChI is InChI=1S/C19H28N4O4/c1-19(2,3)27-18(24)22-8-4-5-14(11-22)16-13-23-12-15(25-9-10-26-20)6-7-17(23)21-16/h6-7,12-14H,4-5,8-11,20H2,1-3H3. The Kier molecular flexibility index (Phi) is 5.86. The van der Waals surface area contributed by atoms with Gasteiger partial charge in [-0.3, -0.25) is 0 Å². The van der Waals surface area contributed by atoms with E-state index in [-0.39, 0.29) is 12.0 Å². The Labute approximate surface area is 159 Å². The van der Waals surface area contributed by atoms with E-state index in [9.17, 15) is 4.79 Å². The molecule has 0 radical (unpaired) electrons. The van der Waals surface area contributed by atoms with E-state index in [1.165, 1.54) is 0 Å². The average molecular weight is 376 g/mol. The van der Waals surface area contributed by atoms with E-state index in [1.54, 1.807) is 4.90 Å². The molecule has 0 saturated carbocycles. The molecule has 148 valence electrons. The SMILES string of the molecule is CC(C)(C)OC(=O)N1CCCC(c2cn3cc(OCCON)ccc3n2)C1. The molecule has 2 aromatic heterocycles. The van der Waals surface area contributed by atoms with Crippen molar-refractivity contribution in [2.75, 3.05) is 26.3 Å². The number of nitrogens with zero attached hydrogens (tertiary/aromatic N) is 3. The largest absolute Gasteiger partial charge is 0.490 e. The average Bonchev–Trinajstić information content (AvgIpc) is 3.04. The Morgan fingerprint density at radius 1 is 1.30 bits per heavy atom. The summed E-state index contributed by atoms with van der Waals surface area (Å²) in [5, 5.41) is 0. The Balaban J connectivity index is 1.69. The molecule has 1 aliphatic rings. The number of likely N-dealkylation sites (tertiary alicyclic amines) is 1. The molecule has 1 amide bonds. The van der Waals surface area contributed by atoms with Crippen molar-refractivity contribution in [1.29, 1.82) is 0 Å². The molecule has 3 heterocycles. The van der Waals surface area contributed by atoms with E-state index in [4.69, 9.17) is 20.4 Å². The molecule has 1 fully saturated rings. The van der Waals surface area contributed by atoms with Crippen molar-refractivity contribution in [2.45, 2.75) is 45.1 Å². The van der Waals surface area contributed by atoms with Gasteiger partial charge in [-0.15, -0.1) is 0 Å². The highest BCUT2D eigenvalue weighted by Crippen LogP contribution is 2.28. The molecule has 0 spiro atoms. The second kappa shape index (κ2) is 8.14. The zero-order valence-electron chi connectivity index (χ0n) is 16.2. The number of carbonyl (C=O) groups excluding carboxylic acids is 1. The monoisotopic (exact) mass is 376 g/mol. The third-order valence-electron chi connectivity index (χ3n) is 4.40. The highest BCUT2D eigenvalue weighted by atomic mass is 16.6. The highest BCUT2D eigenvalue weighted by molar-refractivity contribution is 5.68. The zero-order valence-corrected chi connectivity index (χ0v) is 16.2. The fourth-order valence-corrected chi connectivity index (χ4v) is 3.19. The normalized spacial score (nSPS) is 17.9. The highest BCUT2D eigenvalue weighted by Gasteiger charge is 2.29. The molecule has 1 atom stereocenters. The predicted molar refractivity (Wildman–Crippen MR) is 101 cm³/mol. The predicted octanol–water partition coefficient (Wildman–Crippen LogP) is 2.72. The molecule has 1 unspecified atom stereocenters. The van der Waals surface area contributed by atoms with Crippen LogP contribution in [0, 0.1) is 0 Å². The van der Waals surface area contributed by atoms with Gasteiger partial charge in [0.15, 0.2) is 0 Å². The summed E-state index contributed by atoms with van der Waals surface area (Å²) in [5.74, 6) is 5.92. The van der Waals surface area contributed by atoms with E-state index in [0.29, 0.717) is 19.8 Å². The molecule has 0 bridgehead atoms. The van der Waals surface area contributed by atoms with Crippen LogP contribution in [0.3, 0.4) is 0 Å². The number of nitrogens with two attached hydrogens (primary N) is 1. The number of piperidine rings is 1. The number of ether oxygens (including phenoxy) is 2. The summed E-state index contributed by atoms with van der Waals surface area (Å²) in [4.78, 5) is 23.4. The van der Waals surface area contributed by atoms with E-state index >= 15 is 0 Å². The number of carbonyl (C=O) groups is 1. The minimum atomic E-state index is -0.488. The van der Waals surface area contributed by atoms with Gasteiger partial charge in [-0.05, 0) is 45.7 Å². The van der Waals surface area contributed by atoms with Crippen LogP contribution in [-0.2, 0) is 9.57 Å². The first-order valence-corrected chi connectivity index (χ1v) is 9.27. The second-order valence-electron chi connectivity index (χ2n) is 7.78. The lowest BCUT2D eigenvalue weighted by molar-refractivity contribution is 0.0197. The Hall–Kier alpha value is -2.32. The second-order valence-corrected chi connectivity index (χ2v) is 7.78. The van der Waals surface area contributed by atoms with Gasteiger partial charge in [-0.1, -0.05) is 0 Å². The molecule has 8 nitrogen and oxygen atoms in total. The molecular formula is C19H28N4O4. The summed E-state index contributed by atoms with van der Waals surface area (Å²) in [6.07, 6.45) is 5.57. The van der Waals surface area contributed by atoms with E-state index in [0.717, 1.165) is 36.5 Å². The van der Waals surface area contributed by atoms with Crippen LogP contribution in [0.4, 0.5) is 4.79 Å². The first-order chi connectivity index (χ1) is 12.9. The molecule has 0 aliphatic carbocycles. The van der Waals surface area contributed by atoms with Crippen molar-refractivity contribution in [3.05, 3.63) is 30.2 Å². The van der Waals surface area contributed by atoms with Crippen molar-refractivity contribution >= 4 is 11.7 Å². The lowest BCUT2D eigenvalue weighted by atomic mass is 9.95. The molecule has 8 heteroatoms. The molecule has 2 N–H and O–H groups in total. The fourth-order valence-electron chi connectivity index (χ4n) is 3.19. The molecule has 1 saturated heterocycles. The summed E-state index contributed by atoms with van der Waals surface area (Å²) in [6.45, 7) is 7.71. The first-order valence-electron chi connectivity index (χ1n) is 9.27. The lowest BCUT2D eigenvalue weighted by Gasteiger charge is -2.33. The fraction of sp³-hybridized carbons (Fsp3) is 0.579. The maximum atomic E-state index is 12.4. The van der Waals surface area contributed by atoms with Crippen LogP contribution in [-0.4, -0.2) is 52.3 Å². The van der Waals surface area contributed by atoms with Crippen LogP contribution in [0.2, 0.25) is 0 Å². The zero-order chi connectivity index (χ0) is 19.4. The van der Waals surface area contributed by atoms with Gasteiger partial charge in [0.2, 0.25) is 0 Å². The van der Waals surface area contributed by atoms with E-state index in [1.807, 2.05) is 49.7 Å². The molecule has 2 aromatic rings. The summed E-state index contributed by atoms with van der Waals surface area (Å²) < 4.78 is 13.0. The summed E-state index contributed by atoms with van der Waals surface area (Å²) in [6, 6.07) is 3.78. The smallest absolute Gasteiger partial charge is 0.410 e. The number of rotatable bonds is 5. The van der Waals surface area contributed by atoms with E-state index in [2.05, 4.69) is 4.84 Å². The van der Waals surface area contributed by atoms with Crippen molar-refractivity contribution in [3.8, 4) is 5.75 Å². The van der Waals surface area contributed by atoms with E-state index < -0.39 is 5.60 Å². The van der Waals surface area contributed by atoms with Crippen molar-refractivity contribution in [2.24, 2.45) is 5.90 Å². The van der Waals surface area contributed by atoms with Gasteiger partial charge in [0, 0.05) is 25.2 Å². The lowest BCUT2D eigenvalue weighted by Crippen LogP contribution is -2.42. The molecule has 27 heavy (non-hydrogen) atoms. The maximum Gasteiger partial charge on any atom is 0.410 e. The van der Waals surface area contributed by atoms with Crippen LogP contribution in [0.5, 0.6) is 5.75 Å². The molecular weight excluding hydrogens is 348 g/mol. The third kappa shape index (κ3) is 5.11. The Morgan fingerprint density at radius 2 is 2.11 bits per heavy atom. The Bertz CT molecular complexity index is 784. The number of aromatic nitrogens is 2. The minimum absolute atomic E-state index is 0.196. The van der Waals surface area contributed by atoms with Gasteiger partial charge in [-0.25, -0.2) is 15.7 Å². The maximum absolute atomic E-state index is 12.4. The number of amides is 1. The van der Waals surface area contributed by atoms with Crippen LogP contribution >= 0.6 is 0 Å². The Morgan fingerprint density at radius 3 is 2.85 bits per heavy atom. The van der Waals surface area contributed by atoms with Crippen LogP contribution in [0.25, 0.3) is 5.65 Å². The van der Waals surface area contributed by atoms with Gasteiger partial charge in [0.25, 0.3) is 0 Å². The summed E-state index contributed by atoms with van der Waals surface area (Å²) in [7, 11) is 0. The number of fused-ring (bicyclic) bond motifs is 1. The van der Waals surface area contributed by atoms with Gasteiger partial charge in [0.05, 0.1) is 11.9 Å². The topological polar surface area (TPSA) is 91.3 Å². The number of hydrogen-bond acceptors (Lipinski definition) is 6. The molecule has 1 aliphatic heterocycles. The molecule has 0 aromatic carbocycles. The third-order valence-corrected chi connectivity index (χ3v) is 4.40. The van der Waals surface area contributed by atoms with Gasteiger partial charge >= 0.3 is 6.09 Å². The summed E-state index contributed by atoms with van der Waals surface area (Å²) >= 11 is 0. The van der Waals surface area contributed by atoms with Gasteiger partial charge in [-0.2, -0.15) is 0 Å². The van der Waals surface area contributed by atoms with Gasteiger partial charge in [0.1, 0.15) is 30.2 Å². The quantitative estimate of drug-likeness (QED) is 0.637. The van der Waals surface area contributed by atoms with Crippen LogP contribution in [0.15, 0.2) is 24.5 Å². The minimum Gasteiger partial charge on any atom is -0.490 e. The van der Waals surface area contributed by atoms with Crippen molar-refractivity contribution < 1.29 is 19.1 Å². The molecule has 3 rings (SSSR count). The number of imidazole rings is 1. The van der Waals surface area contributed by atoms with Crippen LogP contribution in [0.1, 0.15) is 45.2 Å². The van der Waals surface area contributed by atoms with Crippen molar-refractivity contribution in [1.82, 2.24) is 14.3 Å².